The highest BCUT2D eigenvalue weighted by Crippen LogP contribution is 2.18. The van der Waals surface area contributed by atoms with E-state index in [2.05, 4.69) is 15.7 Å². The topological polar surface area (TPSA) is 76.0 Å². The summed E-state index contributed by atoms with van der Waals surface area (Å²) in [6.07, 6.45) is 9.81. The van der Waals surface area contributed by atoms with Gasteiger partial charge in [-0.3, -0.25) is 14.3 Å². The SMILES string of the molecule is Cc1cnn(CCC(=O)Nc2ccc(C(=O)NC3CCCCC3)cc2)c1. The first-order chi connectivity index (χ1) is 12.6. The van der Waals surface area contributed by atoms with Gasteiger partial charge in [0.1, 0.15) is 0 Å². The summed E-state index contributed by atoms with van der Waals surface area (Å²) in [6, 6.07) is 7.34. The fourth-order valence-corrected chi connectivity index (χ4v) is 3.25. The zero-order chi connectivity index (χ0) is 18.4. The molecule has 2 aromatic rings. The maximum absolute atomic E-state index is 12.3. The quantitative estimate of drug-likeness (QED) is 0.836. The minimum absolute atomic E-state index is 0.0381. The Morgan fingerprint density at radius 1 is 1.15 bits per heavy atom. The van der Waals surface area contributed by atoms with Crippen molar-refractivity contribution in [3.63, 3.8) is 0 Å². The highest BCUT2D eigenvalue weighted by molar-refractivity contribution is 5.95. The Labute approximate surface area is 154 Å². The van der Waals surface area contributed by atoms with Gasteiger partial charge in [0.25, 0.3) is 5.91 Å². The van der Waals surface area contributed by atoms with Crippen LogP contribution in [0.2, 0.25) is 0 Å². The van der Waals surface area contributed by atoms with E-state index in [-0.39, 0.29) is 11.8 Å². The number of amides is 2. The van der Waals surface area contributed by atoms with Crippen LogP contribution in [0.15, 0.2) is 36.7 Å². The van der Waals surface area contributed by atoms with Crippen LogP contribution in [-0.4, -0.2) is 27.6 Å². The number of carbonyl (C=O) groups excluding carboxylic acids is 2. The molecule has 1 saturated carbocycles. The van der Waals surface area contributed by atoms with E-state index >= 15 is 0 Å². The van der Waals surface area contributed by atoms with Gasteiger partial charge >= 0.3 is 0 Å². The molecular formula is C20H26N4O2. The van der Waals surface area contributed by atoms with Crippen molar-refractivity contribution in [1.29, 1.82) is 0 Å². The molecule has 1 aliphatic carbocycles. The third kappa shape index (κ3) is 5.18. The van der Waals surface area contributed by atoms with Crippen molar-refractivity contribution in [1.82, 2.24) is 15.1 Å². The van der Waals surface area contributed by atoms with E-state index in [0.29, 0.717) is 30.3 Å². The van der Waals surface area contributed by atoms with E-state index in [1.807, 2.05) is 13.1 Å². The fourth-order valence-electron chi connectivity index (χ4n) is 3.25. The van der Waals surface area contributed by atoms with Gasteiger partial charge in [0, 0.05) is 36.5 Å². The first-order valence-electron chi connectivity index (χ1n) is 9.30. The van der Waals surface area contributed by atoms with Gasteiger partial charge in [0.2, 0.25) is 5.91 Å². The molecule has 0 radical (unpaired) electrons. The second-order valence-corrected chi connectivity index (χ2v) is 6.96. The van der Waals surface area contributed by atoms with E-state index in [1.54, 1.807) is 35.1 Å². The predicted molar refractivity (Wildman–Crippen MR) is 101 cm³/mol. The number of aryl methyl sites for hydroxylation is 2. The Balaban J connectivity index is 1.47. The van der Waals surface area contributed by atoms with Crippen molar-refractivity contribution < 1.29 is 9.59 Å². The molecule has 0 bridgehead atoms. The molecule has 26 heavy (non-hydrogen) atoms. The largest absolute Gasteiger partial charge is 0.349 e. The van der Waals surface area contributed by atoms with Crippen molar-refractivity contribution in [2.45, 2.75) is 58.0 Å². The lowest BCUT2D eigenvalue weighted by atomic mass is 9.95. The molecule has 6 heteroatoms. The van der Waals surface area contributed by atoms with Gasteiger partial charge in [-0.1, -0.05) is 19.3 Å². The lowest BCUT2D eigenvalue weighted by Crippen LogP contribution is -2.36. The molecule has 6 nitrogen and oxygen atoms in total. The van der Waals surface area contributed by atoms with Crippen LogP contribution in [0.1, 0.15) is 54.4 Å². The molecule has 1 aromatic heterocycles. The van der Waals surface area contributed by atoms with Crippen LogP contribution in [-0.2, 0) is 11.3 Å². The average Bonchev–Trinajstić information content (AvgIpc) is 3.07. The van der Waals surface area contributed by atoms with Gasteiger partial charge in [-0.25, -0.2) is 0 Å². The minimum atomic E-state index is -0.0717. The maximum atomic E-state index is 12.3. The van der Waals surface area contributed by atoms with E-state index in [4.69, 9.17) is 0 Å². The van der Waals surface area contributed by atoms with Crippen LogP contribution in [0.3, 0.4) is 0 Å². The highest BCUT2D eigenvalue weighted by atomic mass is 16.2. The van der Waals surface area contributed by atoms with Crippen molar-refractivity contribution in [2.24, 2.45) is 0 Å². The number of rotatable bonds is 6. The number of benzene rings is 1. The molecule has 0 saturated heterocycles. The third-order valence-electron chi connectivity index (χ3n) is 4.70. The fraction of sp³-hybridized carbons (Fsp3) is 0.450. The molecular weight excluding hydrogens is 328 g/mol. The van der Waals surface area contributed by atoms with Crippen molar-refractivity contribution in [3.05, 3.63) is 47.8 Å². The maximum Gasteiger partial charge on any atom is 0.251 e. The van der Waals surface area contributed by atoms with Crippen molar-refractivity contribution in [2.75, 3.05) is 5.32 Å². The molecule has 3 rings (SSSR count). The first kappa shape index (κ1) is 18.2. The average molecular weight is 354 g/mol. The summed E-state index contributed by atoms with van der Waals surface area (Å²) in [7, 11) is 0. The molecule has 2 N–H and O–H groups in total. The number of carbonyl (C=O) groups is 2. The Morgan fingerprint density at radius 2 is 1.88 bits per heavy atom. The lowest BCUT2D eigenvalue weighted by Gasteiger charge is -2.22. The van der Waals surface area contributed by atoms with Gasteiger partial charge in [0.15, 0.2) is 0 Å². The third-order valence-corrected chi connectivity index (χ3v) is 4.70. The van der Waals surface area contributed by atoms with E-state index in [9.17, 15) is 9.59 Å². The summed E-state index contributed by atoms with van der Waals surface area (Å²) in [5.74, 6) is -0.110. The second-order valence-electron chi connectivity index (χ2n) is 6.96. The lowest BCUT2D eigenvalue weighted by molar-refractivity contribution is -0.116. The van der Waals surface area contributed by atoms with Crippen molar-refractivity contribution in [3.8, 4) is 0 Å². The number of anilines is 1. The standard InChI is InChI=1S/C20H26N4O2/c1-15-13-21-24(14-15)12-11-19(25)22-18-9-7-16(8-10-18)20(26)23-17-5-3-2-4-6-17/h7-10,13-14,17H,2-6,11-12H2,1H3,(H,22,25)(H,23,26). The first-order valence-corrected chi connectivity index (χ1v) is 9.30. The monoisotopic (exact) mass is 354 g/mol. The van der Waals surface area contributed by atoms with E-state index in [0.717, 1.165) is 18.4 Å². The number of nitrogens with one attached hydrogen (secondary N) is 2. The van der Waals surface area contributed by atoms with Crippen LogP contribution in [0, 0.1) is 6.92 Å². The molecule has 0 atom stereocenters. The van der Waals surface area contributed by atoms with Crippen LogP contribution in [0.5, 0.6) is 0 Å². The van der Waals surface area contributed by atoms with Gasteiger partial charge in [-0.05, 0) is 49.6 Å². The molecule has 1 fully saturated rings. The van der Waals surface area contributed by atoms with Gasteiger partial charge in [-0.2, -0.15) is 5.10 Å². The molecule has 0 unspecified atom stereocenters. The summed E-state index contributed by atoms with van der Waals surface area (Å²) >= 11 is 0. The van der Waals surface area contributed by atoms with Crippen LogP contribution in [0.4, 0.5) is 5.69 Å². The predicted octanol–water partition coefficient (Wildman–Crippen LogP) is 3.28. The summed E-state index contributed by atoms with van der Waals surface area (Å²) < 4.78 is 1.76. The Kier molecular flexibility index (Phi) is 6.04. The minimum Gasteiger partial charge on any atom is -0.349 e. The molecule has 0 spiro atoms. The smallest absolute Gasteiger partial charge is 0.251 e. The van der Waals surface area contributed by atoms with Gasteiger partial charge in [-0.15, -0.1) is 0 Å². The highest BCUT2D eigenvalue weighted by Gasteiger charge is 2.16. The number of hydrogen-bond donors (Lipinski definition) is 2. The molecule has 2 amide bonds. The number of hydrogen-bond acceptors (Lipinski definition) is 3. The summed E-state index contributed by atoms with van der Waals surface area (Å²) in [6.45, 7) is 2.51. The zero-order valence-electron chi connectivity index (χ0n) is 15.2. The van der Waals surface area contributed by atoms with Gasteiger partial charge < -0.3 is 10.6 Å². The summed E-state index contributed by atoms with van der Waals surface area (Å²) in [5, 5.41) is 10.1. The molecule has 0 aliphatic heterocycles. The number of nitrogens with zero attached hydrogens (tertiary/aromatic N) is 2. The van der Waals surface area contributed by atoms with E-state index in [1.165, 1.54) is 19.3 Å². The second kappa shape index (κ2) is 8.65. The van der Waals surface area contributed by atoms with Gasteiger partial charge in [0.05, 0.1) is 6.20 Å². The van der Waals surface area contributed by atoms with Crippen LogP contribution in [0.25, 0.3) is 0 Å². The summed E-state index contributed by atoms with van der Waals surface area (Å²) in [4.78, 5) is 24.3. The Morgan fingerprint density at radius 3 is 2.54 bits per heavy atom. The van der Waals surface area contributed by atoms with Crippen LogP contribution >= 0.6 is 0 Å². The molecule has 138 valence electrons. The Bertz CT molecular complexity index is 745. The van der Waals surface area contributed by atoms with Crippen molar-refractivity contribution >= 4 is 17.5 Å². The summed E-state index contributed by atoms with van der Waals surface area (Å²) in [5.41, 5.74) is 2.40. The molecule has 1 aliphatic rings. The van der Waals surface area contributed by atoms with Crippen LogP contribution < -0.4 is 10.6 Å². The molecule has 1 aromatic carbocycles. The Hall–Kier alpha value is -2.63. The number of aromatic nitrogens is 2. The van der Waals surface area contributed by atoms with E-state index < -0.39 is 0 Å². The molecule has 1 heterocycles. The zero-order valence-corrected chi connectivity index (χ0v) is 15.2. The normalized spacial score (nSPS) is 14.8.